The molecular weight excluding hydrogens is 240 g/mol. The number of anilines is 1. The van der Waals surface area contributed by atoms with Gasteiger partial charge in [0.05, 0.1) is 12.7 Å². The first-order chi connectivity index (χ1) is 9.00. The normalized spacial score (nSPS) is 21.5. The van der Waals surface area contributed by atoms with Crippen molar-refractivity contribution in [1.82, 2.24) is 5.32 Å². The van der Waals surface area contributed by atoms with Gasteiger partial charge in [-0.2, -0.15) is 0 Å². The fourth-order valence-electron chi connectivity index (χ4n) is 2.97. The van der Waals surface area contributed by atoms with E-state index in [2.05, 4.69) is 24.1 Å². The van der Waals surface area contributed by atoms with Gasteiger partial charge in [0.25, 0.3) is 0 Å². The van der Waals surface area contributed by atoms with E-state index in [0.29, 0.717) is 11.6 Å². The molecule has 0 bridgehead atoms. The zero-order chi connectivity index (χ0) is 14.0. The number of hydrogen-bond acceptors (Lipinski definition) is 4. The number of rotatable bonds is 3. The summed E-state index contributed by atoms with van der Waals surface area (Å²) in [5.74, 6) is -0.288. The topological polar surface area (TPSA) is 41.6 Å². The molecular formula is C15H22N2O2. The molecule has 104 valence electrons. The average Bonchev–Trinajstić information content (AvgIpc) is 2.72. The minimum Gasteiger partial charge on any atom is -0.465 e. The molecule has 1 N–H and O–H groups in total. The van der Waals surface area contributed by atoms with Gasteiger partial charge in [-0.3, -0.25) is 0 Å². The molecule has 1 heterocycles. The van der Waals surface area contributed by atoms with Crippen LogP contribution in [-0.4, -0.2) is 38.3 Å². The van der Waals surface area contributed by atoms with Gasteiger partial charge in [-0.1, -0.05) is 6.07 Å². The van der Waals surface area contributed by atoms with Gasteiger partial charge in [-0.15, -0.1) is 0 Å². The Labute approximate surface area is 114 Å². The predicted octanol–water partition coefficient (Wildman–Crippen LogP) is 2.05. The minimum atomic E-state index is -0.288. The standard InChI is InChI=1S/C15H22N2O2/c1-15(2)13(16-3)8-9-17(15)12-7-5-6-11(10-12)14(18)19-4/h5-7,10,13,16H,8-9H2,1-4H3. The highest BCUT2D eigenvalue weighted by Crippen LogP contribution is 2.34. The lowest BCUT2D eigenvalue weighted by Crippen LogP contribution is -2.50. The molecule has 1 unspecified atom stereocenters. The minimum absolute atomic E-state index is 0.0312. The van der Waals surface area contributed by atoms with Gasteiger partial charge in [-0.05, 0) is 45.5 Å². The van der Waals surface area contributed by atoms with E-state index in [1.165, 1.54) is 7.11 Å². The van der Waals surface area contributed by atoms with Crippen molar-refractivity contribution in [1.29, 1.82) is 0 Å². The predicted molar refractivity (Wildman–Crippen MR) is 76.7 cm³/mol. The van der Waals surface area contributed by atoms with Gasteiger partial charge in [0, 0.05) is 23.8 Å². The Morgan fingerprint density at radius 1 is 1.47 bits per heavy atom. The number of benzene rings is 1. The van der Waals surface area contributed by atoms with Crippen LogP contribution < -0.4 is 10.2 Å². The zero-order valence-electron chi connectivity index (χ0n) is 12.1. The summed E-state index contributed by atoms with van der Waals surface area (Å²) < 4.78 is 4.78. The number of methoxy groups -OCH3 is 1. The molecule has 0 aromatic heterocycles. The first kappa shape index (κ1) is 13.9. The average molecular weight is 262 g/mol. The summed E-state index contributed by atoms with van der Waals surface area (Å²) in [6.07, 6.45) is 1.10. The van der Waals surface area contributed by atoms with E-state index in [-0.39, 0.29) is 11.5 Å². The number of ether oxygens (including phenoxy) is 1. The highest BCUT2D eigenvalue weighted by molar-refractivity contribution is 5.90. The number of likely N-dealkylation sites (N-methyl/N-ethyl adjacent to an activating group) is 1. The highest BCUT2D eigenvalue weighted by atomic mass is 16.5. The van der Waals surface area contributed by atoms with Crippen molar-refractivity contribution in [2.24, 2.45) is 0 Å². The third-order valence-electron chi connectivity index (χ3n) is 4.12. The lowest BCUT2D eigenvalue weighted by Gasteiger charge is -2.37. The quantitative estimate of drug-likeness (QED) is 0.847. The number of carbonyl (C=O) groups excluding carboxylic acids is 1. The van der Waals surface area contributed by atoms with Crippen molar-refractivity contribution in [2.75, 3.05) is 25.6 Å². The summed E-state index contributed by atoms with van der Waals surface area (Å²) in [6.45, 7) is 5.45. The number of esters is 1. The maximum Gasteiger partial charge on any atom is 0.337 e. The summed E-state index contributed by atoms with van der Waals surface area (Å²) in [5.41, 5.74) is 1.71. The number of nitrogens with one attached hydrogen (secondary N) is 1. The van der Waals surface area contributed by atoms with Crippen LogP contribution in [0.4, 0.5) is 5.69 Å². The smallest absolute Gasteiger partial charge is 0.337 e. The molecule has 1 aliphatic rings. The van der Waals surface area contributed by atoms with Crippen molar-refractivity contribution in [2.45, 2.75) is 31.8 Å². The van der Waals surface area contributed by atoms with Crippen molar-refractivity contribution in [3.05, 3.63) is 29.8 Å². The molecule has 2 rings (SSSR count). The van der Waals surface area contributed by atoms with E-state index in [1.54, 1.807) is 6.07 Å². The Morgan fingerprint density at radius 3 is 2.79 bits per heavy atom. The summed E-state index contributed by atoms with van der Waals surface area (Å²) in [6, 6.07) is 8.10. The van der Waals surface area contributed by atoms with Crippen LogP contribution in [0.3, 0.4) is 0 Å². The Kier molecular flexibility index (Phi) is 3.80. The molecule has 0 spiro atoms. The first-order valence-electron chi connectivity index (χ1n) is 6.64. The lowest BCUT2D eigenvalue weighted by molar-refractivity contribution is 0.0600. The number of hydrogen-bond donors (Lipinski definition) is 1. The molecule has 1 atom stereocenters. The van der Waals surface area contributed by atoms with Crippen LogP contribution in [0.2, 0.25) is 0 Å². The number of carbonyl (C=O) groups is 1. The van der Waals surface area contributed by atoms with Crippen LogP contribution in [0.1, 0.15) is 30.6 Å². The van der Waals surface area contributed by atoms with Crippen LogP contribution >= 0.6 is 0 Å². The van der Waals surface area contributed by atoms with Gasteiger partial charge in [0.15, 0.2) is 0 Å². The highest BCUT2D eigenvalue weighted by Gasteiger charge is 2.40. The fourth-order valence-corrected chi connectivity index (χ4v) is 2.97. The molecule has 1 aliphatic heterocycles. The molecule has 1 aromatic carbocycles. The van der Waals surface area contributed by atoms with Crippen LogP contribution in [0.15, 0.2) is 24.3 Å². The van der Waals surface area contributed by atoms with Gasteiger partial charge < -0.3 is 15.0 Å². The Hall–Kier alpha value is -1.55. The Bertz CT molecular complexity index is 471. The summed E-state index contributed by atoms with van der Waals surface area (Å²) >= 11 is 0. The first-order valence-corrected chi connectivity index (χ1v) is 6.64. The second kappa shape index (κ2) is 5.21. The largest absolute Gasteiger partial charge is 0.465 e. The molecule has 0 saturated carbocycles. The SMILES string of the molecule is CNC1CCN(c2cccc(C(=O)OC)c2)C1(C)C. The maximum atomic E-state index is 11.6. The zero-order valence-corrected chi connectivity index (χ0v) is 12.1. The second-order valence-corrected chi connectivity index (χ2v) is 5.48. The van der Waals surface area contributed by atoms with Crippen molar-refractivity contribution >= 4 is 11.7 Å². The molecule has 4 nitrogen and oxygen atoms in total. The third-order valence-corrected chi connectivity index (χ3v) is 4.12. The monoisotopic (exact) mass is 262 g/mol. The molecule has 4 heteroatoms. The van der Waals surface area contributed by atoms with E-state index in [4.69, 9.17) is 4.74 Å². The summed E-state index contributed by atoms with van der Waals surface area (Å²) in [4.78, 5) is 14.0. The van der Waals surface area contributed by atoms with Crippen molar-refractivity contribution < 1.29 is 9.53 Å². The van der Waals surface area contributed by atoms with E-state index in [9.17, 15) is 4.79 Å². The molecule has 1 saturated heterocycles. The van der Waals surface area contributed by atoms with Crippen LogP contribution in [-0.2, 0) is 4.74 Å². The molecule has 0 amide bonds. The number of nitrogens with zero attached hydrogens (tertiary/aromatic N) is 1. The van der Waals surface area contributed by atoms with Crippen LogP contribution in [0, 0.1) is 0 Å². The van der Waals surface area contributed by atoms with Crippen LogP contribution in [0.5, 0.6) is 0 Å². The Balaban J connectivity index is 2.30. The Morgan fingerprint density at radius 2 is 2.21 bits per heavy atom. The third kappa shape index (κ3) is 2.45. The van der Waals surface area contributed by atoms with E-state index in [0.717, 1.165) is 18.7 Å². The fraction of sp³-hybridized carbons (Fsp3) is 0.533. The van der Waals surface area contributed by atoms with E-state index in [1.807, 2.05) is 25.2 Å². The summed E-state index contributed by atoms with van der Waals surface area (Å²) in [7, 11) is 3.41. The van der Waals surface area contributed by atoms with Gasteiger partial charge >= 0.3 is 5.97 Å². The second-order valence-electron chi connectivity index (χ2n) is 5.48. The molecule has 1 fully saturated rings. The van der Waals surface area contributed by atoms with E-state index < -0.39 is 0 Å². The van der Waals surface area contributed by atoms with Crippen molar-refractivity contribution in [3.63, 3.8) is 0 Å². The summed E-state index contributed by atoms with van der Waals surface area (Å²) in [5, 5.41) is 3.37. The van der Waals surface area contributed by atoms with Gasteiger partial charge in [0.2, 0.25) is 0 Å². The molecule has 0 aliphatic carbocycles. The lowest BCUT2D eigenvalue weighted by atomic mass is 9.95. The van der Waals surface area contributed by atoms with Gasteiger partial charge in [0.1, 0.15) is 0 Å². The molecule has 0 radical (unpaired) electrons. The van der Waals surface area contributed by atoms with Gasteiger partial charge in [-0.25, -0.2) is 4.79 Å². The van der Waals surface area contributed by atoms with Crippen molar-refractivity contribution in [3.8, 4) is 0 Å². The molecule has 19 heavy (non-hydrogen) atoms. The maximum absolute atomic E-state index is 11.6. The molecule has 1 aromatic rings. The van der Waals surface area contributed by atoms with E-state index >= 15 is 0 Å². The van der Waals surface area contributed by atoms with Crippen LogP contribution in [0.25, 0.3) is 0 Å².